The standard InChI is InChI=1S/C11H10F2N4O3/c1-2-14-5-10-15-16-11(20-10)6-3-7(12)8(13)4-9(6)17(18)19/h3-4,14H,2,5H2,1H3. The van der Waals surface area contributed by atoms with Crippen molar-refractivity contribution >= 4 is 5.69 Å². The van der Waals surface area contributed by atoms with Gasteiger partial charge in [0.1, 0.15) is 5.56 Å². The van der Waals surface area contributed by atoms with Gasteiger partial charge in [-0.1, -0.05) is 6.92 Å². The van der Waals surface area contributed by atoms with Crippen molar-refractivity contribution in [2.75, 3.05) is 6.54 Å². The molecule has 0 saturated heterocycles. The van der Waals surface area contributed by atoms with E-state index in [0.29, 0.717) is 18.7 Å². The summed E-state index contributed by atoms with van der Waals surface area (Å²) in [5, 5.41) is 21.0. The highest BCUT2D eigenvalue weighted by Gasteiger charge is 2.24. The van der Waals surface area contributed by atoms with E-state index in [1.54, 1.807) is 0 Å². The van der Waals surface area contributed by atoms with E-state index in [1.165, 1.54) is 0 Å². The van der Waals surface area contributed by atoms with Crippen molar-refractivity contribution in [3.05, 3.63) is 39.8 Å². The summed E-state index contributed by atoms with van der Waals surface area (Å²) in [4.78, 5) is 10.0. The number of halogens is 2. The smallest absolute Gasteiger partial charge is 0.285 e. The van der Waals surface area contributed by atoms with Crippen molar-refractivity contribution in [1.29, 1.82) is 0 Å². The molecule has 0 bridgehead atoms. The molecule has 2 aromatic rings. The van der Waals surface area contributed by atoms with Crippen LogP contribution in [0.5, 0.6) is 0 Å². The van der Waals surface area contributed by atoms with Crippen molar-refractivity contribution < 1.29 is 18.1 Å². The van der Waals surface area contributed by atoms with E-state index in [1.807, 2.05) is 6.92 Å². The average molecular weight is 284 g/mol. The summed E-state index contributed by atoms with van der Waals surface area (Å²) in [5.41, 5.74) is -0.897. The number of aromatic nitrogens is 2. The fourth-order valence-electron chi connectivity index (χ4n) is 1.52. The number of nitrogens with zero attached hydrogens (tertiary/aromatic N) is 3. The van der Waals surface area contributed by atoms with Gasteiger partial charge in [-0.2, -0.15) is 0 Å². The number of hydrogen-bond acceptors (Lipinski definition) is 6. The first-order valence-corrected chi connectivity index (χ1v) is 5.69. The van der Waals surface area contributed by atoms with Gasteiger partial charge in [0.25, 0.3) is 11.6 Å². The van der Waals surface area contributed by atoms with Gasteiger partial charge < -0.3 is 9.73 Å². The summed E-state index contributed by atoms with van der Waals surface area (Å²) in [6.07, 6.45) is 0. The normalized spacial score (nSPS) is 10.8. The van der Waals surface area contributed by atoms with E-state index >= 15 is 0 Å². The summed E-state index contributed by atoms with van der Waals surface area (Å²) in [6.45, 7) is 2.82. The molecule has 0 unspecified atom stereocenters. The van der Waals surface area contributed by atoms with E-state index in [-0.39, 0.29) is 23.9 Å². The molecule has 0 atom stereocenters. The Labute approximate surface area is 111 Å². The maximum absolute atomic E-state index is 13.2. The van der Waals surface area contributed by atoms with Gasteiger partial charge in [-0.15, -0.1) is 10.2 Å². The van der Waals surface area contributed by atoms with Gasteiger partial charge in [0.05, 0.1) is 17.5 Å². The van der Waals surface area contributed by atoms with Crippen LogP contribution < -0.4 is 5.32 Å². The molecule has 0 amide bonds. The van der Waals surface area contributed by atoms with Crippen LogP contribution in [0.25, 0.3) is 11.5 Å². The molecule has 9 heteroatoms. The second-order valence-electron chi connectivity index (χ2n) is 3.82. The number of nitro benzene ring substituents is 1. The van der Waals surface area contributed by atoms with Gasteiger partial charge in [-0.25, -0.2) is 8.78 Å². The Bertz CT molecular complexity index is 645. The van der Waals surface area contributed by atoms with Crippen molar-refractivity contribution in [1.82, 2.24) is 15.5 Å². The Balaban J connectivity index is 2.43. The van der Waals surface area contributed by atoms with Crippen LogP contribution in [0, 0.1) is 21.7 Å². The monoisotopic (exact) mass is 284 g/mol. The highest BCUT2D eigenvalue weighted by Crippen LogP contribution is 2.30. The zero-order chi connectivity index (χ0) is 14.7. The fourth-order valence-corrected chi connectivity index (χ4v) is 1.52. The van der Waals surface area contributed by atoms with Crippen LogP contribution in [-0.2, 0) is 6.54 Å². The molecule has 0 saturated carbocycles. The SMILES string of the molecule is CCNCc1nnc(-c2cc(F)c(F)cc2[N+](=O)[O-])o1. The molecule has 0 spiro atoms. The highest BCUT2D eigenvalue weighted by molar-refractivity contribution is 5.66. The topological polar surface area (TPSA) is 94.1 Å². The lowest BCUT2D eigenvalue weighted by Gasteiger charge is -2.00. The molecule has 7 nitrogen and oxygen atoms in total. The first-order chi connectivity index (χ1) is 9.52. The molecule has 0 aliphatic carbocycles. The van der Waals surface area contributed by atoms with E-state index in [2.05, 4.69) is 15.5 Å². The lowest BCUT2D eigenvalue weighted by atomic mass is 10.1. The molecule has 0 fully saturated rings. The third-order valence-electron chi connectivity index (χ3n) is 2.46. The summed E-state index contributed by atoms with van der Waals surface area (Å²) in [5.74, 6) is -2.57. The predicted octanol–water partition coefficient (Wildman–Crippen LogP) is 2.03. The Morgan fingerprint density at radius 1 is 1.35 bits per heavy atom. The Kier molecular flexibility index (Phi) is 3.99. The minimum absolute atomic E-state index is 0.195. The number of nitro groups is 1. The summed E-state index contributed by atoms with van der Waals surface area (Å²) < 4.78 is 31.4. The fraction of sp³-hybridized carbons (Fsp3) is 0.273. The zero-order valence-corrected chi connectivity index (χ0v) is 10.4. The van der Waals surface area contributed by atoms with Gasteiger partial charge in [0.2, 0.25) is 5.89 Å². The Morgan fingerprint density at radius 3 is 2.70 bits per heavy atom. The summed E-state index contributed by atoms with van der Waals surface area (Å²) >= 11 is 0. The number of nitrogens with one attached hydrogen (secondary N) is 1. The molecule has 1 heterocycles. The first-order valence-electron chi connectivity index (χ1n) is 5.69. The molecule has 20 heavy (non-hydrogen) atoms. The van der Waals surface area contributed by atoms with E-state index in [0.717, 1.165) is 0 Å². The molecular weight excluding hydrogens is 274 g/mol. The van der Waals surface area contributed by atoms with Gasteiger partial charge >= 0.3 is 0 Å². The molecule has 2 rings (SSSR count). The molecule has 106 valence electrons. The second kappa shape index (κ2) is 5.70. The number of benzene rings is 1. The summed E-state index contributed by atoms with van der Waals surface area (Å²) in [6, 6.07) is 1.15. The second-order valence-corrected chi connectivity index (χ2v) is 3.82. The molecular formula is C11H10F2N4O3. The molecule has 0 radical (unpaired) electrons. The van der Waals surface area contributed by atoms with Crippen molar-refractivity contribution in [2.45, 2.75) is 13.5 Å². The Hall–Kier alpha value is -2.42. The van der Waals surface area contributed by atoms with Crippen molar-refractivity contribution in [2.24, 2.45) is 0 Å². The molecule has 1 N–H and O–H groups in total. The first kappa shape index (κ1) is 14.0. The number of hydrogen-bond donors (Lipinski definition) is 1. The van der Waals surface area contributed by atoms with Crippen LogP contribution in [0.3, 0.4) is 0 Å². The zero-order valence-electron chi connectivity index (χ0n) is 10.4. The minimum atomic E-state index is -1.31. The van der Waals surface area contributed by atoms with Gasteiger partial charge in [-0.05, 0) is 12.6 Å². The van der Waals surface area contributed by atoms with Crippen molar-refractivity contribution in [3.63, 3.8) is 0 Å². The van der Waals surface area contributed by atoms with E-state index < -0.39 is 22.2 Å². The predicted molar refractivity (Wildman–Crippen MR) is 63.7 cm³/mol. The van der Waals surface area contributed by atoms with Crippen LogP contribution in [0.15, 0.2) is 16.5 Å². The van der Waals surface area contributed by atoms with Crippen LogP contribution in [0.4, 0.5) is 14.5 Å². The van der Waals surface area contributed by atoms with Crippen LogP contribution in [-0.4, -0.2) is 21.7 Å². The lowest BCUT2D eigenvalue weighted by molar-refractivity contribution is -0.384. The Morgan fingerprint density at radius 2 is 2.05 bits per heavy atom. The van der Waals surface area contributed by atoms with Crippen molar-refractivity contribution in [3.8, 4) is 11.5 Å². The molecule has 0 aliphatic rings. The van der Waals surface area contributed by atoms with Gasteiger partial charge in [0.15, 0.2) is 11.6 Å². The van der Waals surface area contributed by atoms with Crippen LogP contribution in [0.1, 0.15) is 12.8 Å². The lowest BCUT2D eigenvalue weighted by Crippen LogP contribution is -2.11. The van der Waals surface area contributed by atoms with Crippen LogP contribution >= 0.6 is 0 Å². The molecule has 1 aromatic carbocycles. The minimum Gasteiger partial charge on any atom is -0.419 e. The maximum atomic E-state index is 13.2. The largest absolute Gasteiger partial charge is 0.419 e. The highest BCUT2D eigenvalue weighted by atomic mass is 19.2. The van der Waals surface area contributed by atoms with E-state index in [9.17, 15) is 18.9 Å². The third kappa shape index (κ3) is 2.77. The van der Waals surface area contributed by atoms with Crippen LogP contribution in [0.2, 0.25) is 0 Å². The maximum Gasteiger partial charge on any atom is 0.285 e. The number of rotatable bonds is 5. The quantitative estimate of drug-likeness (QED) is 0.667. The third-order valence-corrected chi connectivity index (χ3v) is 2.46. The van der Waals surface area contributed by atoms with E-state index in [4.69, 9.17) is 4.42 Å². The summed E-state index contributed by atoms with van der Waals surface area (Å²) in [7, 11) is 0. The molecule has 1 aromatic heterocycles. The van der Waals surface area contributed by atoms with Gasteiger partial charge in [0, 0.05) is 0 Å². The van der Waals surface area contributed by atoms with Gasteiger partial charge in [-0.3, -0.25) is 10.1 Å². The average Bonchev–Trinajstić information content (AvgIpc) is 2.87. The molecule has 0 aliphatic heterocycles.